The molecule has 5 aromatic rings. The van der Waals surface area contributed by atoms with Crippen molar-refractivity contribution in [1.29, 1.82) is 0 Å². The van der Waals surface area contributed by atoms with Crippen LogP contribution in [0.25, 0.3) is 0 Å². The van der Waals surface area contributed by atoms with Gasteiger partial charge in [0.05, 0.1) is 0 Å². The SMILES string of the molecule is CC(C)(c1ccccc1)c1cc(Cc2cc(C(C)(C)c3ccccc3)c(O)c(C(C)(C)c3ccccc3)c2)cc(C(=O)O)c1O. The second kappa shape index (κ2) is 11.9. The topological polar surface area (TPSA) is 77.8 Å². The third-order valence-corrected chi connectivity index (χ3v) is 9.48. The molecule has 0 unspecified atom stereocenters. The number of phenolic OH excluding ortho intramolecular Hbond substituents is 1. The van der Waals surface area contributed by atoms with Crippen molar-refractivity contribution in [2.45, 2.75) is 64.2 Å². The Bertz CT molecular complexity index is 1750. The molecule has 0 aromatic heterocycles. The molecule has 0 saturated carbocycles. The van der Waals surface area contributed by atoms with Gasteiger partial charge in [0, 0.05) is 32.9 Å². The van der Waals surface area contributed by atoms with Gasteiger partial charge in [-0.2, -0.15) is 0 Å². The van der Waals surface area contributed by atoms with Gasteiger partial charge in [0.1, 0.15) is 17.1 Å². The number of rotatable bonds is 9. The fraction of sp³-hybridized carbons (Fsp3) is 0.244. The van der Waals surface area contributed by atoms with Gasteiger partial charge < -0.3 is 15.3 Å². The first kappa shape index (κ1) is 31.6. The quantitative estimate of drug-likeness (QED) is 0.158. The molecule has 0 saturated heterocycles. The van der Waals surface area contributed by atoms with Crippen molar-refractivity contribution >= 4 is 5.97 Å². The van der Waals surface area contributed by atoms with Crippen molar-refractivity contribution in [1.82, 2.24) is 0 Å². The summed E-state index contributed by atoms with van der Waals surface area (Å²) < 4.78 is 0. The number of aromatic carboxylic acids is 1. The minimum atomic E-state index is -1.18. The van der Waals surface area contributed by atoms with Crippen molar-refractivity contribution in [3.8, 4) is 11.5 Å². The maximum absolute atomic E-state index is 12.4. The molecule has 0 heterocycles. The lowest BCUT2D eigenvalue weighted by atomic mass is 9.71. The Morgan fingerprint density at radius 2 is 0.822 bits per heavy atom. The van der Waals surface area contributed by atoms with E-state index >= 15 is 0 Å². The average Bonchev–Trinajstić information content (AvgIpc) is 3.03. The van der Waals surface area contributed by atoms with E-state index in [1.54, 1.807) is 6.07 Å². The molecule has 4 nitrogen and oxygen atoms in total. The highest BCUT2D eigenvalue weighted by Crippen LogP contribution is 2.46. The Hall–Kier alpha value is -4.83. The molecule has 230 valence electrons. The van der Waals surface area contributed by atoms with Gasteiger partial charge in [-0.3, -0.25) is 0 Å². The highest BCUT2D eigenvalue weighted by Gasteiger charge is 2.34. The third-order valence-electron chi connectivity index (χ3n) is 9.48. The number of benzene rings is 5. The van der Waals surface area contributed by atoms with Crippen LogP contribution >= 0.6 is 0 Å². The summed E-state index contributed by atoms with van der Waals surface area (Å²) in [5, 5.41) is 33.3. The highest BCUT2D eigenvalue weighted by atomic mass is 16.4. The first-order valence-corrected chi connectivity index (χ1v) is 15.4. The summed E-state index contributed by atoms with van der Waals surface area (Å²) in [6.07, 6.45) is 0.411. The van der Waals surface area contributed by atoms with Crippen LogP contribution in [0.1, 0.15) is 96.4 Å². The Labute approximate surface area is 266 Å². The van der Waals surface area contributed by atoms with E-state index in [0.29, 0.717) is 12.0 Å². The van der Waals surface area contributed by atoms with Gasteiger partial charge >= 0.3 is 5.97 Å². The average molecular weight is 599 g/mol. The van der Waals surface area contributed by atoms with Crippen LogP contribution in [0.4, 0.5) is 0 Å². The van der Waals surface area contributed by atoms with Crippen molar-refractivity contribution < 1.29 is 20.1 Å². The maximum atomic E-state index is 12.4. The Morgan fingerprint density at radius 3 is 1.16 bits per heavy atom. The zero-order valence-electron chi connectivity index (χ0n) is 26.9. The second-order valence-electron chi connectivity index (χ2n) is 13.5. The lowest BCUT2D eigenvalue weighted by Crippen LogP contribution is -2.24. The lowest BCUT2D eigenvalue weighted by molar-refractivity contribution is 0.0693. The normalized spacial score (nSPS) is 12.2. The van der Waals surface area contributed by atoms with Crippen LogP contribution in [0.2, 0.25) is 0 Å². The van der Waals surface area contributed by atoms with Gasteiger partial charge in [-0.15, -0.1) is 0 Å². The fourth-order valence-corrected chi connectivity index (χ4v) is 6.45. The molecule has 0 aliphatic rings. The van der Waals surface area contributed by atoms with E-state index in [0.717, 1.165) is 38.9 Å². The van der Waals surface area contributed by atoms with Crippen LogP contribution in [0.15, 0.2) is 115 Å². The second-order valence-corrected chi connectivity index (χ2v) is 13.5. The molecule has 5 rings (SSSR count). The maximum Gasteiger partial charge on any atom is 0.339 e. The lowest BCUT2D eigenvalue weighted by Gasteiger charge is -2.33. The molecule has 0 aliphatic carbocycles. The molecule has 45 heavy (non-hydrogen) atoms. The standard InChI is InChI=1S/C41H42O4/c1-39(2,29-16-10-7-11-17-29)33-24-27(23-32(36(33)42)38(44)45)22-28-25-34(40(3,4)30-18-12-8-13-19-30)37(43)35(26-28)41(5,6)31-20-14-9-15-21-31/h7-21,23-26,42-43H,22H2,1-6H3,(H,44,45). The Morgan fingerprint density at radius 1 is 0.511 bits per heavy atom. The number of aromatic hydroxyl groups is 2. The number of carboxylic acid groups (broad SMARTS) is 1. The molecule has 3 N–H and O–H groups in total. The van der Waals surface area contributed by atoms with E-state index in [1.165, 1.54) is 0 Å². The van der Waals surface area contributed by atoms with Crippen molar-refractivity contribution in [2.24, 2.45) is 0 Å². The summed E-state index contributed by atoms with van der Waals surface area (Å²) >= 11 is 0. The summed E-state index contributed by atoms with van der Waals surface area (Å²) in [4.78, 5) is 12.4. The molecule has 0 aliphatic heterocycles. The number of phenols is 2. The first-order chi connectivity index (χ1) is 21.2. The van der Waals surface area contributed by atoms with Crippen LogP contribution in [-0.2, 0) is 22.7 Å². The van der Waals surface area contributed by atoms with Crippen molar-refractivity contribution in [3.63, 3.8) is 0 Å². The van der Waals surface area contributed by atoms with E-state index in [9.17, 15) is 20.1 Å². The summed E-state index contributed by atoms with van der Waals surface area (Å²) in [6.45, 7) is 12.4. The first-order valence-electron chi connectivity index (χ1n) is 15.4. The molecule has 0 atom stereocenters. The molecule has 0 radical (unpaired) electrons. The van der Waals surface area contributed by atoms with Gasteiger partial charge in [-0.25, -0.2) is 4.79 Å². The third kappa shape index (κ3) is 5.98. The van der Waals surface area contributed by atoms with Crippen LogP contribution < -0.4 is 0 Å². The summed E-state index contributed by atoms with van der Waals surface area (Å²) in [7, 11) is 0. The van der Waals surface area contributed by atoms with Gasteiger partial charge in [0.15, 0.2) is 0 Å². The van der Waals surface area contributed by atoms with Gasteiger partial charge in [0.25, 0.3) is 0 Å². The minimum absolute atomic E-state index is 0.125. The molecule has 0 fully saturated rings. The number of carbonyl (C=O) groups is 1. The van der Waals surface area contributed by atoms with E-state index in [2.05, 4.69) is 52.0 Å². The number of carboxylic acids is 1. The van der Waals surface area contributed by atoms with E-state index < -0.39 is 22.2 Å². The van der Waals surface area contributed by atoms with Crippen molar-refractivity contribution in [2.75, 3.05) is 0 Å². The van der Waals surface area contributed by atoms with Crippen LogP contribution in [0.3, 0.4) is 0 Å². The van der Waals surface area contributed by atoms with Crippen molar-refractivity contribution in [3.05, 3.63) is 165 Å². The van der Waals surface area contributed by atoms with Gasteiger partial charge in [-0.05, 0) is 40.3 Å². The molecule has 5 aromatic carbocycles. The van der Waals surface area contributed by atoms with Gasteiger partial charge in [0.2, 0.25) is 0 Å². The Kier molecular flexibility index (Phi) is 8.37. The highest BCUT2D eigenvalue weighted by molar-refractivity contribution is 5.92. The molecular weight excluding hydrogens is 556 g/mol. The fourth-order valence-electron chi connectivity index (χ4n) is 6.45. The molecule has 0 bridgehead atoms. The Balaban J connectivity index is 1.71. The molecule has 0 spiro atoms. The van der Waals surface area contributed by atoms with Crippen LogP contribution in [0, 0.1) is 0 Å². The largest absolute Gasteiger partial charge is 0.507 e. The van der Waals surface area contributed by atoms with Crippen LogP contribution in [0.5, 0.6) is 11.5 Å². The molecule has 0 amide bonds. The predicted molar refractivity (Wildman–Crippen MR) is 182 cm³/mol. The monoisotopic (exact) mass is 598 g/mol. The summed E-state index contributed by atoms with van der Waals surface area (Å²) in [6, 6.07) is 37.7. The zero-order valence-corrected chi connectivity index (χ0v) is 26.9. The summed E-state index contributed by atoms with van der Waals surface area (Å²) in [5.41, 5.74) is 5.15. The number of hydrogen-bond acceptors (Lipinski definition) is 3. The summed E-state index contributed by atoms with van der Waals surface area (Å²) in [5.74, 6) is -1.14. The predicted octanol–water partition coefficient (Wildman–Crippen LogP) is 9.36. The van der Waals surface area contributed by atoms with Gasteiger partial charge in [-0.1, -0.05) is 151 Å². The zero-order chi connectivity index (χ0) is 32.6. The van der Waals surface area contributed by atoms with E-state index in [1.807, 2.05) is 98.8 Å². The molecular formula is C41H42O4. The minimum Gasteiger partial charge on any atom is -0.507 e. The van der Waals surface area contributed by atoms with E-state index in [-0.39, 0.29) is 17.1 Å². The number of hydrogen-bond donors (Lipinski definition) is 3. The van der Waals surface area contributed by atoms with E-state index in [4.69, 9.17) is 0 Å². The molecule has 4 heteroatoms. The smallest absolute Gasteiger partial charge is 0.339 e. The van der Waals surface area contributed by atoms with Crippen LogP contribution in [-0.4, -0.2) is 21.3 Å².